The van der Waals surface area contributed by atoms with Crippen molar-refractivity contribution < 1.29 is 4.52 Å². The number of likely N-dealkylation sites (tertiary alicyclic amines) is 1. The molecule has 3 rings (SSSR count). The van der Waals surface area contributed by atoms with E-state index in [0.29, 0.717) is 0 Å². The van der Waals surface area contributed by atoms with Crippen molar-refractivity contribution >= 4 is 0 Å². The summed E-state index contributed by atoms with van der Waals surface area (Å²) in [5, 5.41) is 4.19. The first-order valence-corrected chi connectivity index (χ1v) is 7.04. The topological polar surface area (TPSA) is 29.3 Å². The number of nitrogens with zero attached hydrogens (tertiary/aromatic N) is 2. The molecule has 3 heteroatoms. The van der Waals surface area contributed by atoms with E-state index in [2.05, 4.69) is 23.0 Å². The second kappa shape index (κ2) is 5.57. The van der Waals surface area contributed by atoms with Gasteiger partial charge in [-0.25, -0.2) is 0 Å². The highest BCUT2D eigenvalue weighted by Crippen LogP contribution is 2.22. The predicted octanol–water partition coefficient (Wildman–Crippen LogP) is 3.57. The third-order valence-corrected chi connectivity index (χ3v) is 3.88. The lowest BCUT2D eigenvalue weighted by atomic mass is 9.99. The Bertz CT molecular complexity index is 513. The monoisotopic (exact) mass is 256 g/mol. The average molecular weight is 256 g/mol. The summed E-state index contributed by atoms with van der Waals surface area (Å²) in [4.78, 5) is 2.46. The van der Waals surface area contributed by atoms with E-state index in [1.807, 2.05) is 30.3 Å². The van der Waals surface area contributed by atoms with Gasteiger partial charge in [-0.2, -0.15) is 0 Å². The maximum atomic E-state index is 5.44. The third kappa shape index (κ3) is 3.04. The molecule has 1 aromatic carbocycles. The van der Waals surface area contributed by atoms with Crippen molar-refractivity contribution in [3.05, 3.63) is 42.1 Å². The van der Waals surface area contributed by atoms with Crippen molar-refractivity contribution in [3.63, 3.8) is 0 Å². The summed E-state index contributed by atoms with van der Waals surface area (Å²) < 4.78 is 5.44. The molecule has 0 amide bonds. The molecule has 2 heterocycles. The van der Waals surface area contributed by atoms with Crippen LogP contribution in [0, 0.1) is 5.92 Å². The van der Waals surface area contributed by atoms with Crippen molar-refractivity contribution in [1.82, 2.24) is 10.1 Å². The van der Waals surface area contributed by atoms with Crippen LogP contribution in [0.2, 0.25) is 0 Å². The number of hydrogen-bond donors (Lipinski definition) is 0. The highest BCUT2D eigenvalue weighted by Gasteiger charge is 2.17. The van der Waals surface area contributed by atoms with Gasteiger partial charge in [0, 0.05) is 18.2 Å². The van der Waals surface area contributed by atoms with Crippen LogP contribution in [-0.4, -0.2) is 23.1 Å². The molecule has 0 N–H and O–H groups in total. The quantitative estimate of drug-likeness (QED) is 0.840. The van der Waals surface area contributed by atoms with Crippen LogP contribution in [0.15, 0.2) is 40.9 Å². The summed E-state index contributed by atoms with van der Waals surface area (Å²) in [7, 11) is 0. The van der Waals surface area contributed by atoms with Crippen molar-refractivity contribution in [3.8, 4) is 11.3 Å². The Hall–Kier alpha value is -1.61. The Balaban J connectivity index is 1.65. The highest BCUT2D eigenvalue weighted by atomic mass is 16.5. The summed E-state index contributed by atoms with van der Waals surface area (Å²) in [5.41, 5.74) is 2.13. The molecule has 0 radical (unpaired) electrons. The molecule has 19 heavy (non-hydrogen) atoms. The van der Waals surface area contributed by atoms with E-state index in [1.54, 1.807) is 0 Å². The smallest absolute Gasteiger partial charge is 0.167 e. The van der Waals surface area contributed by atoms with Gasteiger partial charge in [0.2, 0.25) is 0 Å². The van der Waals surface area contributed by atoms with Crippen LogP contribution in [0.4, 0.5) is 0 Å². The molecule has 1 saturated heterocycles. The molecule has 1 fully saturated rings. The molecular formula is C16H20N2O. The van der Waals surface area contributed by atoms with E-state index in [1.165, 1.54) is 25.9 Å². The molecular weight excluding hydrogens is 236 g/mol. The standard InChI is InChI=1S/C16H20N2O/c1-13-7-9-18(10-8-13)12-15-11-16(19-17-15)14-5-3-2-4-6-14/h2-6,11,13H,7-10,12H2,1H3. The second-order valence-corrected chi connectivity index (χ2v) is 5.51. The summed E-state index contributed by atoms with van der Waals surface area (Å²) in [5.74, 6) is 1.73. The van der Waals surface area contributed by atoms with Crippen LogP contribution in [-0.2, 0) is 6.54 Å². The minimum absolute atomic E-state index is 0.862. The van der Waals surface area contributed by atoms with Crippen LogP contribution in [0.1, 0.15) is 25.5 Å². The maximum Gasteiger partial charge on any atom is 0.167 e. The van der Waals surface area contributed by atoms with E-state index < -0.39 is 0 Å². The molecule has 0 bridgehead atoms. The van der Waals surface area contributed by atoms with Crippen LogP contribution < -0.4 is 0 Å². The molecule has 0 aliphatic carbocycles. The second-order valence-electron chi connectivity index (χ2n) is 5.51. The van der Waals surface area contributed by atoms with Crippen LogP contribution >= 0.6 is 0 Å². The predicted molar refractivity (Wildman–Crippen MR) is 75.6 cm³/mol. The lowest BCUT2D eigenvalue weighted by Gasteiger charge is -2.29. The van der Waals surface area contributed by atoms with Gasteiger partial charge < -0.3 is 4.52 Å². The number of piperidine rings is 1. The normalized spacial score (nSPS) is 17.7. The Morgan fingerprint density at radius 2 is 1.95 bits per heavy atom. The highest BCUT2D eigenvalue weighted by molar-refractivity contribution is 5.56. The van der Waals surface area contributed by atoms with Crippen molar-refractivity contribution in [2.45, 2.75) is 26.3 Å². The SMILES string of the molecule is CC1CCN(Cc2cc(-c3ccccc3)on2)CC1. The molecule has 0 spiro atoms. The summed E-state index contributed by atoms with van der Waals surface area (Å²) in [6, 6.07) is 12.2. The number of benzene rings is 1. The van der Waals surface area contributed by atoms with Gasteiger partial charge in [-0.1, -0.05) is 42.4 Å². The zero-order valence-electron chi connectivity index (χ0n) is 11.4. The van der Waals surface area contributed by atoms with Crippen LogP contribution in [0.25, 0.3) is 11.3 Å². The molecule has 1 aliphatic rings. The average Bonchev–Trinajstić information content (AvgIpc) is 2.91. The molecule has 100 valence electrons. The van der Waals surface area contributed by atoms with E-state index in [4.69, 9.17) is 4.52 Å². The van der Waals surface area contributed by atoms with Crippen molar-refractivity contribution in [2.75, 3.05) is 13.1 Å². The first kappa shape index (κ1) is 12.4. The first-order chi connectivity index (χ1) is 9.31. The van der Waals surface area contributed by atoms with Gasteiger partial charge in [0.05, 0.1) is 5.69 Å². The lowest BCUT2D eigenvalue weighted by molar-refractivity contribution is 0.181. The molecule has 1 aromatic heterocycles. The van der Waals surface area contributed by atoms with Crippen LogP contribution in [0.3, 0.4) is 0 Å². The van der Waals surface area contributed by atoms with Crippen molar-refractivity contribution in [2.24, 2.45) is 5.92 Å². The fourth-order valence-corrected chi connectivity index (χ4v) is 2.57. The van der Waals surface area contributed by atoms with E-state index in [0.717, 1.165) is 29.5 Å². The van der Waals surface area contributed by atoms with E-state index in [9.17, 15) is 0 Å². The lowest BCUT2D eigenvalue weighted by Crippen LogP contribution is -2.32. The van der Waals surface area contributed by atoms with Crippen LogP contribution in [0.5, 0.6) is 0 Å². The van der Waals surface area contributed by atoms with Gasteiger partial charge in [-0.3, -0.25) is 4.90 Å². The van der Waals surface area contributed by atoms with Gasteiger partial charge in [-0.15, -0.1) is 0 Å². The number of hydrogen-bond acceptors (Lipinski definition) is 3. The summed E-state index contributed by atoms with van der Waals surface area (Å²) in [6.07, 6.45) is 2.59. The fraction of sp³-hybridized carbons (Fsp3) is 0.438. The minimum Gasteiger partial charge on any atom is -0.356 e. The minimum atomic E-state index is 0.862. The Morgan fingerprint density at radius 3 is 2.68 bits per heavy atom. The summed E-state index contributed by atoms with van der Waals surface area (Å²) >= 11 is 0. The zero-order chi connectivity index (χ0) is 13.1. The summed E-state index contributed by atoms with van der Waals surface area (Å²) in [6.45, 7) is 5.59. The van der Waals surface area contributed by atoms with E-state index >= 15 is 0 Å². The third-order valence-electron chi connectivity index (χ3n) is 3.88. The first-order valence-electron chi connectivity index (χ1n) is 7.04. The molecule has 0 saturated carbocycles. The number of rotatable bonds is 3. The van der Waals surface area contributed by atoms with Gasteiger partial charge in [0.1, 0.15) is 0 Å². The van der Waals surface area contributed by atoms with Gasteiger partial charge in [0.15, 0.2) is 5.76 Å². The molecule has 0 atom stereocenters. The molecule has 1 aliphatic heterocycles. The van der Waals surface area contributed by atoms with Crippen molar-refractivity contribution in [1.29, 1.82) is 0 Å². The Morgan fingerprint density at radius 1 is 1.21 bits per heavy atom. The van der Waals surface area contributed by atoms with Gasteiger partial charge >= 0.3 is 0 Å². The number of aromatic nitrogens is 1. The van der Waals surface area contributed by atoms with Gasteiger partial charge in [0.25, 0.3) is 0 Å². The van der Waals surface area contributed by atoms with Gasteiger partial charge in [-0.05, 0) is 31.8 Å². The Labute approximate surface area is 114 Å². The van der Waals surface area contributed by atoms with E-state index in [-0.39, 0.29) is 0 Å². The fourth-order valence-electron chi connectivity index (χ4n) is 2.57. The molecule has 0 unspecified atom stereocenters. The zero-order valence-corrected chi connectivity index (χ0v) is 11.4. The Kier molecular flexibility index (Phi) is 3.65. The molecule has 2 aromatic rings. The largest absolute Gasteiger partial charge is 0.356 e. The maximum absolute atomic E-state index is 5.44. The molecule has 3 nitrogen and oxygen atoms in total.